The van der Waals surface area contributed by atoms with E-state index in [0.29, 0.717) is 29.8 Å². The van der Waals surface area contributed by atoms with Crippen molar-refractivity contribution in [1.82, 2.24) is 0 Å². The van der Waals surface area contributed by atoms with Gasteiger partial charge in [-0.05, 0) is 43.2 Å². The quantitative estimate of drug-likeness (QED) is 0.780. The van der Waals surface area contributed by atoms with E-state index in [-0.39, 0.29) is 24.2 Å². The van der Waals surface area contributed by atoms with Crippen LogP contribution in [0.3, 0.4) is 0 Å². The van der Waals surface area contributed by atoms with Gasteiger partial charge in [-0.3, -0.25) is 9.59 Å². The summed E-state index contributed by atoms with van der Waals surface area (Å²) in [6, 6.07) is 16.1. The van der Waals surface area contributed by atoms with Crippen molar-refractivity contribution in [3.05, 3.63) is 60.2 Å². The van der Waals surface area contributed by atoms with Crippen molar-refractivity contribution in [3.8, 4) is 0 Å². The van der Waals surface area contributed by atoms with Gasteiger partial charge < -0.3 is 16.4 Å². The summed E-state index contributed by atoms with van der Waals surface area (Å²) < 4.78 is 0. The lowest BCUT2D eigenvalue weighted by Crippen LogP contribution is -2.48. The number of nitrogens with two attached hydrogens (primary N) is 1. The molecule has 1 fully saturated rings. The van der Waals surface area contributed by atoms with Gasteiger partial charge in [0, 0.05) is 16.9 Å². The molecule has 0 saturated heterocycles. The smallest absolute Gasteiger partial charge is 0.255 e. The molecule has 0 heterocycles. The molecule has 3 rings (SSSR count). The standard InChI is InChI=1S/C19H21N3O2.ClH/c20-19(11-4-5-12-19)18(24)22-16-10-6-9-15(13-16)21-17(23)14-7-2-1-3-8-14;/h1-3,6-10,13H,4-5,11-12,20H2,(H,21,23)(H,22,24);1H. The fraction of sp³-hybridized carbons (Fsp3) is 0.263. The zero-order valence-corrected chi connectivity index (χ0v) is 14.6. The van der Waals surface area contributed by atoms with E-state index in [1.54, 1.807) is 36.4 Å². The molecule has 6 heteroatoms. The molecule has 132 valence electrons. The highest BCUT2D eigenvalue weighted by atomic mass is 35.5. The second-order valence-corrected chi connectivity index (χ2v) is 6.22. The summed E-state index contributed by atoms with van der Waals surface area (Å²) in [4.78, 5) is 24.6. The van der Waals surface area contributed by atoms with Gasteiger partial charge in [-0.1, -0.05) is 37.1 Å². The first-order chi connectivity index (χ1) is 11.6. The number of anilines is 2. The molecule has 0 atom stereocenters. The van der Waals surface area contributed by atoms with Crippen LogP contribution >= 0.6 is 12.4 Å². The fourth-order valence-corrected chi connectivity index (χ4v) is 2.96. The van der Waals surface area contributed by atoms with Gasteiger partial charge in [0.25, 0.3) is 5.91 Å². The van der Waals surface area contributed by atoms with Gasteiger partial charge in [0.05, 0.1) is 5.54 Å². The molecule has 25 heavy (non-hydrogen) atoms. The molecular formula is C19H22ClN3O2. The normalized spacial score (nSPS) is 15.1. The molecule has 0 aromatic heterocycles. The highest BCUT2D eigenvalue weighted by Crippen LogP contribution is 2.28. The number of halogens is 1. The van der Waals surface area contributed by atoms with Crippen molar-refractivity contribution in [2.45, 2.75) is 31.2 Å². The summed E-state index contributed by atoms with van der Waals surface area (Å²) in [5.41, 5.74) is 7.22. The van der Waals surface area contributed by atoms with E-state index < -0.39 is 5.54 Å². The predicted molar refractivity (Wildman–Crippen MR) is 102 cm³/mol. The molecule has 2 aromatic rings. The first kappa shape index (κ1) is 19.0. The zero-order chi connectivity index (χ0) is 17.0. The number of benzene rings is 2. The number of carbonyl (C=O) groups is 2. The third-order valence-corrected chi connectivity index (χ3v) is 4.36. The van der Waals surface area contributed by atoms with Crippen molar-refractivity contribution in [2.24, 2.45) is 5.73 Å². The summed E-state index contributed by atoms with van der Waals surface area (Å²) in [5, 5.41) is 5.69. The molecule has 1 saturated carbocycles. The zero-order valence-electron chi connectivity index (χ0n) is 13.8. The summed E-state index contributed by atoms with van der Waals surface area (Å²) in [6.07, 6.45) is 3.39. The topological polar surface area (TPSA) is 84.2 Å². The average Bonchev–Trinajstić information content (AvgIpc) is 3.04. The van der Waals surface area contributed by atoms with Gasteiger partial charge in [0.15, 0.2) is 0 Å². The SMILES string of the molecule is Cl.NC1(C(=O)Nc2cccc(NC(=O)c3ccccc3)c2)CCCC1. The van der Waals surface area contributed by atoms with Crippen LogP contribution in [-0.4, -0.2) is 17.4 Å². The molecule has 0 radical (unpaired) electrons. The largest absolute Gasteiger partial charge is 0.324 e. The number of hydrogen-bond donors (Lipinski definition) is 3. The van der Waals surface area contributed by atoms with Gasteiger partial charge in [0.1, 0.15) is 0 Å². The minimum Gasteiger partial charge on any atom is -0.324 e. The summed E-state index contributed by atoms with van der Waals surface area (Å²) in [7, 11) is 0. The molecular weight excluding hydrogens is 338 g/mol. The Morgan fingerprint density at radius 2 is 1.48 bits per heavy atom. The lowest BCUT2D eigenvalue weighted by atomic mass is 9.98. The minimum atomic E-state index is -0.775. The molecule has 4 N–H and O–H groups in total. The van der Waals surface area contributed by atoms with Gasteiger partial charge in [-0.2, -0.15) is 0 Å². The monoisotopic (exact) mass is 359 g/mol. The van der Waals surface area contributed by atoms with E-state index in [9.17, 15) is 9.59 Å². The number of amides is 2. The molecule has 0 bridgehead atoms. The van der Waals surface area contributed by atoms with Gasteiger partial charge in [0.2, 0.25) is 5.91 Å². The lowest BCUT2D eigenvalue weighted by Gasteiger charge is -2.22. The second kappa shape index (κ2) is 8.14. The fourth-order valence-electron chi connectivity index (χ4n) is 2.96. The Hall–Kier alpha value is -2.37. The van der Waals surface area contributed by atoms with Crippen molar-refractivity contribution >= 4 is 35.6 Å². The van der Waals surface area contributed by atoms with Crippen LogP contribution in [-0.2, 0) is 4.79 Å². The second-order valence-electron chi connectivity index (χ2n) is 6.22. The number of carbonyl (C=O) groups excluding carboxylic acids is 2. The Morgan fingerprint density at radius 1 is 0.880 bits per heavy atom. The van der Waals surface area contributed by atoms with E-state index in [1.807, 2.05) is 18.2 Å². The molecule has 2 aromatic carbocycles. The number of rotatable bonds is 4. The molecule has 5 nitrogen and oxygen atoms in total. The maximum atomic E-state index is 12.4. The third-order valence-electron chi connectivity index (χ3n) is 4.36. The lowest BCUT2D eigenvalue weighted by molar-refractivity contribution is -0.121. The molecule has 1 aliphatic rings. The van der Waals surface area contributed by atoms with E-state index >= 15 is 0 Å². The summed E-state index contributed by atoms with van der Waals surface area (Å²) in [5.74, 6) is -0.350. The molecule has 0 spiro atoms. The van der Waals surface area contributed by atoms with E-state index in [0.717, 1.165) is 12.8 Å². The van der Waals surface area contributed by atoms with Gasteiger partial charge in [-0.25, -0.2) is 0 Å². The maximum absolute atomic E-state index is 12.4. The van der Waals surface area contributed by atoms with E-state index in [2.05, 4.69) is 10.6 Å². The van der Waals surface area contributed by atoms with E-state index in [4.69, 9.17) is 5.73 Å². The van der Waals surface area contributed by atoms with Crippen LogP contribution in [0, 0.1) is 0 Å². The molecule has 1 aliphatic carbocycles. The van der Waals surface area contributed by atoms with Crippen LogP contribution in [0.5, 0.6) is 0 Å². The Labute approximate surface area is 153 Å². The third kappa shape index (κ3) is 4.59. The van der Waals surface area contributed by atoms with Crippen LogP contribution in [0.15, 0.2) is 54.6 Å². The van der Waals surface area contributed by atoms with Crippen molar-refractivity contribution < 1.29 is 9.59 Å². The van der Waals surface area contributed by atoms with Gasteiger partial charge >= 0.3 is 0 Å². The van der Waals surface area contributed by atoms with Crippen LogP contribution in [0.2, 0.25) is 0 Å². The Kier molecular flexibility index (Phi) is 6.17. The highest BCUT2D eigenvalue weighted by Gasteiger charge is 2.36. The maximum Gasteiger partial charge on any atom is 0.255 e. The first-order valence-corrected chi connectivity index (χ1v) is 8.14. The Morgan fingerprint density at radius 3 is 2.12 bits per heavy atom. The minimum absolute atomic E-state index is 0. The van der Waals surface area contributed by atoms with Crippen LogP contribution < -0.4 is 16.4 Å². The van der Waals surface area contributed by atoms with Crippen LogP contribution in [0.4, 0.5) is 11.4 Å². The molecule has 0 unspecified atom stereocenters. The molecule has 2 amide bonds. The van der Waals surface area contributed by atoms with Crippen molar-refractivity contribution in [2.75, 3.05) is 10.6 Å². The number of nitrogens with one attached hydrogen (secondary N) is 2. The van der Waals surface area contributed by atoms with Crippen molar-refractivity contribution in [3.63, 3.8) is 0 Å². The van der Waals surface area contributed by atoms with Crippen LogP contribution in [0.1, 0.15) is 36.0 Å². The van der Waals surface area contributed by atoms with Crippen molar-refractivity contribution in [1.29, 1.82) is 0 Å². The predicted octanol–water partition coefficient (Wildman–Crippen LogP) is 3.57. The Balaban J connectivity index is 0.00000225. The summed E-state index contributed by atoms with van der Waals surface area (Å²) in [6.45, 7) is 0. The highest BCUT2D eigenvalue weighted by molar-refractivity contribution is 6.05. The summed E-state index contributed by atoms with van der Waals surface area (Å²) >= 11 is 0. The van der Waals surface area contributed by atoms with E-state index in [1.165, 1.54) is 0 Å². The average molecular weight is 360 g/mol. The van der Waals surface area contributed by atoms with Crippen LogP contribution in [0.25, 0.3) is 0 Å². The first-order valence-electron chi connectivity index (χ1n) is 8.14. The Bertz CT molecular complexity index is 743. The van der Waals surface area contributed by atoms with Gasteiger partial charge in [-0.15, -0.1) is 12.4 Å². The number of hydrogen-bond acceptors (Lipinski definition) is 3. The molecule has 0 aliphatic heterocycles.